The van der Waals surface area contributed by atoms with Crippen LogP contribution in [0, 0.1) is 0 Å². The molecule has 13 aromatic heterocycles. The van der Waals surface area contributed by atoms with Crippen molar-refractivity contribution in [3.05, 3.63) is 415 Å². The molecule has 27 rings (SSSR count). The van der Waals surface area contributed by atoms with Gasteiger partial charge in [0, 0.05) is 122 Å². The molecular formula is C95H83N25O16S3. The Morgan fingerprint density at radius 2 is 1.23 bits per heavy atom. The molecule has 3 amide bonds. The van der Waals surface area contributed by atoms with E-state index in [4.69, 9.17) is 18.3 Å². The smallest absolute Gasteiger partial charge is 0.417 e. The summed E-state index contributed by atoms with van der Waals surface area (Å²) in [5, 5.41) is 24.5. The lowest BCUT2D eigenvalue weighted by Crippen LogP contribution is -2.33. The van der Waals surface area contributed by atoms with E-state index in [1.165, 1.54) is 54.2 Å². The fourth-order valence-electron chi connectivity index (χ4n) is 12.3. The molecular weight excluding hydrogens is 1840 g/mol. The van der Waals surface area contributed by atoms with Crippen LogP contribution >= 0.6 is 34.4 Å². The van der Waals surface area contributed by atoms with Crippen molar-refractivity contribution in [3.8, 4) is 11.5 Å². The highest BCUT2D eigenvalue weighted by atomic mass is 32.2. The molecule has 44 heteroatoms. The standard InChI is InChI=1S/C9H8N2O2.C9H7NO.C9H6O2.C8H6N2O2.C8H6N2O.C8H5NO2.C7H5NO2.C7H5NOS.C5H4N4.C5H6N4.C5H4N2S.C5H5NO.C4H7NO.C3H4N2O.C3H5NS/c1-2-13-9-4-7-6(10-5-11-7)3-8(9)12-1;11-9-8-4-2-1-3-7(8)5-6-10-9;10-8-5-6-11-9-4-2-1-3-7(8)9;11-7-5-3-1-2-4-6(5)9-8(12)10-7;11-8-6-3-1-2-4-7(6)9-5-10-8;10-7-5-3-1-2-4-6(5)8(11)9-7;2*9-7-8-5-3-1-2-4-6(5)10-7;1-4-2-8-9-5(4)7-3-6-1;1-2-6-5-7-4-8-9(5)3-1;1-2-7-3-4-8-5(7)6-1;7-5-3-1-2-4-6-5;6-4-2-1-3-5-4;6-3-1-2-4-5-3;1-2-5-3-4-1/h3-5H,1-2H2,(H,10,11);1-6H,(H,10,11);1-6H;1-4H,(H2,9,10,11,12);1-5H,(H,9,10,11);1-4H,(H,9,10,11);2*1-4H,(H,8,9);1-3H,(H,6,7,8,9);1-5H,(H,7,8);1-4H;1-4H,(H,6,7);1-3H2,(H,5,6);1-2H,(H2,4,5,6);3H,1-2H2. The maximum atomic E-state index is 11.1. The molecule has 139 heavy (non-hydrogen) atoms. The fraction of sp³-hybridized carbons (Fsp3) is 0.0842. The number of amides is 3. The number of benzene rings is 8. The molecule has 19 heterocycles. The fourth-order valence-corrected chi connectivity index (χ4v) is 14.2. The molecule has 41 nitrogen and oxygen atoms in total. The number of imide groups is 1. The van der Waals surface area contributed by atoms with Crippen LogP contribution in [0.2, 0.25) is 0 Å². The third-order valence-corrected chi connectivity index (χ3v) is 21.1. The van der Waals surface area contributed by atoms with Crippen molar-refractivity contribution < 1.29 is 32.7 Å². The number of carbonyl (C=O) groups excluding carboxylic acids is 3. The Bertz CT molecular complexity index is 7770. The molecule has 0 aliphatic carbocycles. The second-order valence-electron chi connectivity index (χ2n) is 28.2. The number of H-pyrrole nitrogens is 11. The summed E-state index contributed by atoms with van der Waals surface area (Å²) < 4.78 is 23.7. The zero-order valence-corrected chi connectivity index (χ0v) is 75.3. The number of nitrogens with one attached hydrogen (secondary N) is 14. The number of fused-ring (bicyclic) bond motifs is 12. The van der Waals surface area contributed by atoms with E-state index in [0.717, 1.165) is 96.5 Å². The minimum atomic E-state index is -0.473. The highest BCUT2D eigenvalue weighted by molar-refractivity contribution is 8.12. The number of allylic oxidation sites excluding steroid dienone is 1. The number of oxazole rings is 1. The van der Waals surface area contributed by atoms with E-state index < -0.39 is 11.4 Å². The Kier molecular flexibility index (Phi) is 36.1. The zero-order valence-electron chi connectivity index (χ0n) is 72.9. The predicted octanol–water partition coefficient (Wildman–Crippen LogP) is 11.3. The molecule has 0 radical (unpaired) electrons. The summed E-state index contributed by atoms with van der Waals surface area (Å²) in [6.45, 7) is 3.15. The number of imidazole rings is 2. The van der Waals surface area contributed by atoms with Crippen molar-refractivity contribution in [2.75, 3.05) is 32.1 Å². The molecule has 6 aliphatic rings. The summed E-state index contributed by atoms with van der Waals surface area (Å²) in [7, 11) is 0. The SMILES string of the molecule is C1=CN2NC=NC2N=C1.C1=NCCS1.O=C1CCCN1.O=C1NC(=O)c2ccccc21.O=c1[nH]c(=O)c2ccccc2[nH]1.O=c1[nH]c2ccccc2o1.O=c1[nH]c2ccccc2s1.O=c1[nH]ccc2ccccc12.O=c1[nH]cnc2ccccc12.O=c1cc[nH][nH]1.O=c1cccc[nH]1.O=c1ccoc2ccccc12.c1cn2ccsc2n1.c1nc2cc3c(cc2[nH]1)OCCO3.c1ncc2cn[nH]c2n1. The maximum absolute atomic E-state index is 11.1. The Balaban J connectivity index is 0.000000126. The van der Waals surface area contributed by atoms with Crippen LogP contribution in [0.5, 0.6) is 11.5 Å². The summed E-state index contributed by atoms with van der Waals surface area (Å²) >= 11 is 4.67. The molecule has 0 spiro atoms. The van der Waals surface area contributed by atoms with Crippen LogP contribution in [0.3, 0.4) is 0 Å². The number of ether oxygens (including phenoxy) is 2. The van der Waals surface area contributed by atoms with Gasteiger partial charge in [-0.1, -0.05) is 108 Å². The summed E-state index contributed by atoms with van der Waals surface area (Å²) in [4.78, 5) is 182. The Morgan fingerprint density at radius 3 is 1.88 bits per heavy atom. The number of thioether (sulfide) groups is 1. The van der Waals surface area contributed by atoms with Gasteiger partial charge in [-0.3, -0.25) is 88.2 Å². The zero-order chi connectivity index (χ0) is 97.1. The van der Waals surface area contributed by atoms with Gasteiger partial charge in [-0.25, -0.2) is 49.5 Å². The Morgan fingerprint density at radius 1 is 0.525 bits per heavy atom. The summed E-state index contributed by atoms with van der Waals surface area (Å²) in [5.41, 5.74) is 11.5. The normalized spacial score (nSPS) is 12.9. The summed E-state index contributed by atoms with van der Waals surface area (Å²) in [6, 6.07) is 63.8. The van der Waals surface area contributed by atoms with Gasteiger partial charge in [0.15, 0.2) is 33.1 Å². The number of hydrogen-bond donors (Lipinski definition) is 14. The molecule has 14 N–H and O–H groups in total. The lowest BCUT2D eigenvalue weighted by Gasteiger charge is -2.18. The van der Waals surface area contributed by atoms with Gasteiger partial charge in [0.05, 0.1) is 101 Å². The van der Waals surface area contributed by atoms with Gasteiger partial charge in [-0.2, -0.15) is 5.10 Å². The number of nitrogens with zero attached hydrogens (tertiary/aromatic N) is 11. The highest BCUT2D eigenvalue weighted by Gasteiger charge is 2.25. The summed E-state index contributed by atoms with van der Waals surface area (Å²) in [6.07, 6.45) is 28.7. The van der Waals surface area contributed by atoms with Gasteiger partial charge in [-0.15, -0.1) is 23.1 Å². The largest absolute Gasteiger partial charge is 0.486 e. The Hall–Kier alpha value is -18.7. The van der Waals surface area contributed by atoms with E-state index in [-0.39, 0.29) is 62.1 Å². The van der Waals surface area contributed by atoms with Crippen LogP contribution in [0.4, 0.5) is 0 Å². The number of thiazole rings is 2. The number of pyridine rings is 2. The van der Waals surface area contributed by atoms with E-state index in [0.29, 0.717) is 57.2 Å². The minimum Gasteiger partial charge on any atom is -0.486 e. The van der Waals surface area contributed by atoms with Gasteiger partial charge < -0.3 is 58.6 Å². The predicted molar refractivity (Wildman–Crippen MR) is 535 cm³/mol. The number of hydrazine groups is 1. The van der Waals surface area contributed by atoms with E-state index in [1.807, 2.05) is 154 Å². The maximum Gasteiger partial charge on any atom is 0.417 e. The average molecular weight is 1930 g/mol. The molecule has 0 bridgehead atoms. The number of aromatic nitrogens is 18. The molecule has 0 saturated carbocycles. The lowest BCUT2D eigenvalue weighted by atomic mass is 10.1. The number of para-hydroxylation sites is 6. The number of aromatic amines is 11. The molecule has 702 valence electrons. The van der Waals surface area contributed by atoms with Crippen LogP contribution < -0.4 is 75.1 Å². The first-order chi connectivity index (χ1) is 67.9. The molecule has 1 saturated heterocycles. The third-order valence-electron chi connectivity index (χ3n) is 18.8. The van der Waals surface area contributed by atoms with Crippen LogP contribution in [-0.2, 0) is 4.79 Å². The van der Waals surface area contributed by atoms with Gasteiger partial charge in [0.1, 0.15) is 31.5 Å². The van der Waals surface area contributed by atoms with Gasteiger partial charge in [0.2, 0.25) is 17.8 Å². The van der Waals surface area contributed by atoms with Gasteiger partial charge in [-0.05, 0) is 109 Å². The molecule has 8 aromatic carbocycles. The first-order valence-electron chi connectivity index (χ1n) is 41.9. The van der Waals surface area contributed by atoms with E-state index >= 15 is 0 Å². The minimum absolute atomic E-state index is 0.00634. The number of aliphatic imine (C=N–C) groups is 3. The lowest BCUT2D eigenvalue weighted by molar-refractivity contribution is -0.119. The monoisotopic (exact) mass is 1930 g/mol. The van der Waals surface area contributed by atoms with Gasteiger partial charge >= 0.3 is 16.3 Å². The number of carbonyl (C=O) groups is 3. The van der Waals surface area contributed by atoms with Crippen molar-refractivity contribution in [1.29, 1.82) is 0 Å². The average Bonchev–Trinajstić information content (AvgIpc) is 1.64. The first-order valence-corrected chi connectivity index (χ1v) is 44.6. The van der Waals surface area contributed by atoms with Crippen LogP contribution in [-0.4, -0.2) is 169 Å². The van der Waals surface area contributed by atoms with Crippen molar-refractivity contribution in [2.24, 2.45) is 15.0 Å². The van der Waals surface area contributed by atoms with Crippen molar-refractivity contribution in [2.45, 2.75) is 19.1 Å². The number of rotatable bonds is 0. The van der Waals surface area contributed by atoms with E-state index in [2.05, 4.69) is 116 Å². The van der Waals surface area contributed by atoms with Crippen LogP contribution in [0.25, 0.3) is 91.9 Å². The molecule has 6 aliphatic heterocycles. The molecule has 1 unspecified atom stereocenters. The van der Waals surface area contributed by atoms with Crippen LogP contribution in [0.15, 0.2) is 378 Å². The second-order valence-corrected chi connectivity index (χ2v) is 31.0. The molecule has 1 atom stereocenters. The van der Waals surface area contributed by atoms with Crippen molar-refractivity contribution in [3.63, 3.8) is 0 Å². The summed E-state index contributed by atoms with van der Waals surface area (Å²) in [5.74, 6) is 1.97. The van der Waals surface area contributed by atoms with Gasteiger partial charge in [0.25, 0.3) is 34.1 Å². The molecule has 21 aromatic rings. The van der Waals surface area contributed by atoms with E-state index in [1.54, 1.807) is 170 Å². The quantitative estimate of drug-likeness (QED) is 0.0627. The number of hydrogen-bond acceptors (Lipinski definition) is 30. The second kappa shape index (κ2) is 51.3. The third kappa shape index (κ3) is 29.9. The van der Waals surface area contributed by atoms with E-state index in [9.17, 15) is 57.5 Å². The van der Waals surface area contributed by atoms with Crippen LogP contribution in [0.1, 0.15) is 33.6 Å². The Labute approximate surface area is 793 Å². The molecule has 1 fully saturated rings. The topological polar surface area (TPSA) is 581 Å². The van der Waals surface area contributed by atoms with Crippen molar-refractivity contribution in [1.82, 2.24) is 111 Å². The van der Waals surface area contributed by atoms with Crippen molar-refractivity contribution >= 4 is 162 Å². The first kappa shape index (κ1) is 97.8. The highest BCUT2D eigenvalue weighted by Crippen LogP contribution is 2.33.